The number of hydrogen-bond acceptors (Lipinski definition) is 4. The number of carbonyl (C=O) groups excluding carboxylic acids is 2. The summed E-state index contributed by atoms with van der Waals surface area (Å²) in [6, 6.07) is 3.27. The normalized spacial score (nSPS) is 21.1. The van der Waals surface area contributed by atoms with Crippen molar-refractivity contribution in [2.45, 2.75) is 19.3 Å². The van der Waals surface area contributed by atoms with Crippen LogP contribution in [0.25, 0.3) is 0 Å². The molecule has 0 aromatic heterocycles. The van der Waals surface area contributed by atoms with Gasteiger partial charge in [-0.15, -0.1) is 0 Å². The summed E-state index contributed by atoms with van der Waals surface area (Å²) in [6.45, 7) is 4.50. The Morgan fingerprint density at radius 2 is 1.93 bits per heavy atom. The number of carbonyl (C=O) groups is 2. The summed E-state index contributed by atoms with van der Waals surface area (Å²) in [5.41, 5.74) is 0.234. The highest BCUT2D eigenvalue weighted by Crippen LogP contribution is 2.20. The summed E-state index contributed by atoms with van der Waals surface area (Å²) < 4.78 is 31.4. The van der Waals surface area contributed by atoms with E-state index >= 15 is 0 Å². The average Bonchev–Trinajstić information content (AvgIpc) is 2.69. The molecule has 6 nitrogen and oxygen atoms in total. The molecule has 0 bridgehead atoms. The zero-order valence-corrected chi connectivity index (χ0v) is 15.3. The maximum atomic E-state index is 13.2. The molecule has 0 saturated carbocycles. The van der Waals surface area contributed by atoms with Gasteiger partial charge in [-0.3, -0.25) is 9.59 Å². The molecule has 1 aromatic rings. The number of amides is 2. The Hall–Kier alpha value is -2.06. The lowest BCUT2D eigenvalue weighted by Gasteiger charge is -2.36. The van der Waals surface area contributed by atoms with Gasteiger partial charge in [0, 0.05) is 44.4 Å². The summed E-state index contributed by atoms with van der Waals surface area (Å²) in [5.74, 6) is -2.06. The van der Waals surface area contributed by atoms with Crippen LogP contribution in [-0.2, 0) is 14.3 Å². The summed E-state index contributed by atoms with van der Waals surface area (Å²) in [5, 5.41) is 2.57. The molecule has 2 amide bonds. The lowest BCUT2D eigenvalue weighted by atomic mass is 9.96. The number of anilines is 1. The Labute approximate surface area is 157 Å². The second-order valence-corrected chi connectivity index (χ2v) is 7.00. The fourth-order valence-corrected chi connectivity index (χ4v) is 3.56. The third-order valence-electron chi connectivity index (χ3n) is 5.04. The standard InChI is InChI=1S/C19H25F2N3O3/c20-16-4-3-15(12-17(16)21)22-18(25)5-7-23-6-1-2-14(13-23)19(26)24-8-10-27-11-9-24/h3-4,12,14H,1-2,5-11,13H2,(H,22,25). The second-order valence-electron chi connectivity index (χ2n) is 7.00. The van der Waals surface area contributed by atoms with E-state index in [2.05, 4.69) is 10.2 Å². The highest BCUT2D eigenvalue weighted by Gasteiger charge is 2.30. The first-order valence-electron chi connectivity index (χ1n) is 9.37. The third kappa shape index (κ3) is 5.46. The smallest absolute Gasteiger partial charge is 0.227 e. The predicted octanol–water partition coefficient (Wildman–Crippen LogP) is 1.86. The maximum Gasteiger partial charge on any atom is 0.227 e. The van der Waals surface area contributed by atoms with Crippen LogP contribution in [0.5, 0.6) is 0 Å². The van der Waals surface area contributed by atoms with Crippen LogP contribution in [0.3, 0.4) is 0 Å². The van der Waals surface area contributed by atoms with Crippen molar-refractivity contribution in [3.63, 3.8) is 0 Å². The van der Waals surface area contributed by atoms with E-state index in [1.807, 2.05) is 4.90 Å². The minimum Gasteiger partial charge on any atom is -0.378 e. The Bertz CT molecular complexity index is 680. The molecule has 27 heavy (non-hydrogen) atoms. The molecule has 1 N–H and O–H groups in total. The number of benzene rings is 1. The maximum absolute atomic E-state index is 13.2. The van der Waals surface area contributed by atoms with Crippen LogP contribution >= 0.6 is 0 Å². The monoisotopic (exact) mass is 381 g/mol. The Morgan fingerprint density at radius 1 is 1.15 bits per heavy atom. The minimum atomic E-state index is -0.992. The molecule has 0 spiro atoms. The van der Waals surface area contributed by atoms with E-state index in [0.717, 1.165) is 31.5 Å². The quantitative estimate of drug-likeness (QED) is 0.846. The first-order valence-corrected chi connectivity index (χ1v) is 9.37. The van der Waals surface area contributed by atoms with Gasteiger partial charge in [0.25, 0.3) is 0 Å². The molecule has 8 heteroatoms. The lowest BCUT2D eigenvalue weighted by molar-refractivity contribution is -0.141. The number of likely N-dealkylation sites (tertiary alicyclic amines) is 1. The molecular formula is C19H25F2N3O3. The predicted molar refractivity (Wildman–Crippen MR) is 96.2 cm³/mol. The summed E-state index contributed by atoms with van der Waals surface area (Å²) >= 11 is 0. The van der Waals surface area contributed by atoms with Crippen molar-refractivity contribution in [1.29, 1.82) is 0 Å². The lowest BCUT2D eigenvalue weighted by Crippen LogP contribution is -2.48. The molecule has 1 aromatic carbocycles. The van der Waals surface area contributed by atoms with Gasteiger partial charge in [0.2, 0.25) is 11.8 Å². The van der Waals surface area contributed by atoms with Crippen LogP contribution in [-0.4, -0.2) is 67.6 Å². The van der Waals surface area contributed by atoms with Crippen LogP contribution in [0.4, 0.5) is 14.5 Å². The van der Waals surface area contributed by atoms with Crippen molar-refractivity contribution in [2.24, 2.45) is 5.92 Å². The second kappa shape index (κ2) is 9.23. The molecule has 0 radical (unpaired) electrons. The Balaban J connectivity index is 1.45. The number of halogens is 2. The summed E-state index contributed by atoms with van der Waals surface area (Å²) in [4.78, 5) is 28.7. The van der Waals surface area contributed by atoms with E-state index in [-0.39, 0.29) is 29.8 Å². The van der Waals surface area contributed by atoms with E-state index in [4.69, 9.17) is 4.74 Å². The van der Waals surface area contributed by atoms with Gasteiger partial charge >= 0.3 is 0 Å². The van der Waals surface area contributed by atoms with Crippen LogP contribution < -0.4 is 5.32 Å². The van der Waals surface area contributed by atoms with Crippen LogP contribution in [0.1, 0.15) is 19.3 Å². The number of morpholine rings is 1. The zero-order chi connectivity index (χ0) is 19.2. The molecule has 1 unspecified atom stereocenters. The van der Waals surface area contributed by atoms with Gasteiger partial charge in [-0.05, 0) is 31.5 Å². The molecule has 1 atom stereocenters. The van der Waals surface area contributed by atoms with Crippen molar-refractivity contribution in [2.75, 3.05) is 51.3 Å². The SMILES string of the molecule is O=C(CCN1CCCC(C(=O)N2CCOCC2)C1)Nc1ccc(F)c(F)c1. The van der Waals surface area contributed by atoms with Crippen LogP contribution in [0, 0.1) is 17.6 Å². The first-order chi connectivity index (χ1) is 13.0. The number of nitrogens with zero attached hydrogens (tertiary/aromatic N) is 2. The first kappa shape index (κ1) is 19.7. The van der Waals surface area contributed by atoms with Gasteiger partial charge in [-0.25, -0.2) is 8.78 Å². The van der Waals surface area contributed by atoms with Gasteiger partial charge in [-0.2, -0.15) is 0 Å². The third-order valence-corrected chi connectivity index (χ3v) is 5.04. The number of nitrogens with one attached hydrogen (secondary N) is 1. The number of piperidine rings is 1. The van der Waals surface area contributed by atoms with E-state index in [1.165, 1.54) is 6.07 Å². The van der Waals surface area contributed by atoms with E-state index < -0.39 is 11.6 Å². The van der Waals surface area contributed by atoms with Crippen molar-refractivity contribution >= 4 is 17.5 Å². The molecular weight excluding hydrogens is 356 g/mol. The van der Waals surface area contributed by atoms with Crippen LogP contribution in [0.2, 0.25) is 0 Å². The summed E-state index contributed by atoms with van der Waals surface area (Å²) in [6.07, 6.45) is 2.02. The largest absolute Gasteiger partial charge is 0.378 e. The van der Waals surface area contributed by atoms with Gasteiger partial charge < -0.3 is 19.9 Å². The van der Waals surface area contributed by atoms with Crippen LogP contribution in [0.15, 0.2) is 18.2 Å². The molecule has 3 rings (SSSR count). The molecule has 2 aliphatic rings. The van der Waals surface area contributed by atoms with E-state index in [9.17, 15) is 18.4 Å². The Morgan fingerprint density at radius 3 is 2.67 bits per heavy atom. The van der Waals surface area contributed by atoms with Crippen molar-refractivity contribution in [3.05, 3.63) is 29.8 Å². The van der Waals surface area contributed by atoms with E-state index in [0.29, 0.717) is 39.4 Å². The topological polar surface area (TPSA) is 61.9 Å². The van der Waals surface area contributed by atoms with Crippen molar-refractivity contribution < 1.29 is 23.1 Å². The summed E-state index contributed by atoms with van der Waals surface area (Å²) in [7, 11) is 0. The fourth-order valence-electron chi connectivity index (χ4n) is 3.56. The fraction of sp³-hybridized carbons (Fsp3) is 0.579. The van der Waals surface area contributed by atoms with Crippen molar-refractivity contribution in [3.8, 4) is 0 Å². The minimum absolute atomic E-state index is 0.0360. The molecule has 148 valence electrons. The molecule has 2 heterocycles. The molecule has 2 saturated heterocycles. The average molecular weight is 381 g/mol. The number of rotatable bonds is 5. The van der Waals surface area contributed by atoms with Gasteiger partial charge in [0.1, 0.15) is 0 Å². The highest BCUT2D eigenvalue weighted by molar-refractivity contribution is 5.90. The number of hydrogen-bond donors (Lipinski definition) is 1. The molecule has 0 aliphatic carbocycles. The van der Waals surface area contributed by atoms with E-state index in [1.54, 1.807) is 0 Å². The Kier molecular flexibility index (Phi) is 6.73. The zero-order valence-electron chi connectivity index (χ0n) is 15.3. The highest BCUT2D eigenvalue weighted by atomic mass is 19.2. The molecule has 2 aliphatic heterocycles. The number of ether oxygens (including phenoxy) is 1. The van der Waals surface area contributed by atoms with Gasteiger partial charge in [0.05, 0.1) is 19.1 Å². The van der Waals surface area contributed by atoms with Crippen molar-refractivity contribution in [1.82, 2.24) is 9.80 Å². The molecule has 2 fully saturated rings. The van der Waals surface area contributed by atoms with Gasteiger partial charge in [0.15, 0.2) is 11.6 Å². The van der Waals surface area contributed by atoms with Gasteiger partial charge in [-0.1, -0.05) is 0 Å².